The first-order chi connectivity index (χ1) is 8.49. The van der Waals surface area contributed by atoms with Crippen LogP contribution in [0, 0.1) is 5.82 Å². The number of carbonyl (C=O) groups excluding carboxylic acids is 1. The molecule has 98 valence electrons. The van der Waals surface area contributed by atoms with Gasteiger partial charge in [0.05, 0.1) is 10.6 Å². The van der Waals surface area contributed by atoms with Gasteiger partial charge in [-0.25, -0.2) is 4.39 Å². The average molecular weight is 271 g/mol. The van der Waals surface area contributed by atoms with Gasteiger partial charge in [-0.05, 0) is 26.0 Å². The van der Waals surface area contributed by atoms with Gasteiger partial charge in [-0.3, -0.25) is 4.79 Å². The molecule has 18 heavy (non-hydrogen) atoms. The van der Waals surface area contributed by atoms with Crippen LogP contribution in [0.4, 0.5) is 4.39 Å². The van der Waals surface area contributed by atoms with Crippen molar-refractivity contribution in [3.63, 3.8) is 0 Å². The zero-order valence-corrected chi connectivity index (χ0v) is 11.2. The van der Waals surface area contributed by atoms with Crippen LogP contribution in [0.1, 0.15) is 24.2 Å². The number of nitrogens with one attached hydrogen (secondary N) is 1. The monoisotopic (exact) mass is 270 g/mol. The maximum absolute atomic E-state index is 13.7. The quantitative estimate of drug-likeness (QED) is 0.849. The topological polar surface area (TPSA) is 32.3 Å². The molecule has 1 aromatic carbocycles. The van der Waals surface area contributed by atoms with E-state index in [1.807, 2.05) is 13.8 Å². The van der Waals surface area contributed by atoms with Crippen LogP contribution in [0.3, 0.4) is 0 Å². The Bertz CT molecular complexity index is 436. The molecule has 2 atom stereocenters. The van der Waals surface area contributed by atoms with Gasteiger partial charge in [-0.2, -0.15) is 0 Å². The summed E-state index contributed by atoms with van der Waals surface area (Å²) in [5.74, 6) is -0.898. The van der Waals surface area contributed by atoms with Gasteiger partial charge in [-0.1, -0.05) is 17.7 Å². The molecule has 5 heteroatoms. The molecule has 1 aliphatic rings. The van der Waals surface area contributed by atoms with E-state index >= 15 is 0 Å². The second kappa shape index (κ2) is 5.24. The summed E-state index contributed by atoms with van der Waals surface area (Å²) >= 11 is 5.91. The molecule has 0 saturated carbocycles. The minimum Gasteiger partial charge on any atom is -0.335 e. The maximum Gasteiger partial charge on any atom is 0.258 e. The molecule has 2 rings (SSSR count). The SMILES string of the molecule is C[C@@H]1CN(C(=O)c2c(F)cccc2Cl)C[C@@H](C)N1. The number of rotatable bonds is 1. The molecule has 0 aromatic heterocycles. The third kappa shape index (κ3) is 2.65. The van der Waals surface area contributed by atoms with Crippen LogP contribution in [0.15, 0.2) is 18.2 Å². The van der Waals surface area contributed by atoms with Crippen molar-refractivity contribution in [3.05, 3.63) is 34.6 Å². The first-order valence-corrected chi connectivity index (χ1v) is 6.36. The van der Waals surface area contributed by atoms with Crippen molar-refractivity contribution >= 4 is 17.5 Å². The predicted octanol–water partition coefficient (Wildman–Crippen LogP) is 2.30. The molecule has 0 unspecified atom stereocenters. The Morgan fingerprint density at radius 1 is 1.39 bits per heavy atom. The highest BCUT2D eigenvalue weighted by Gasteiger charge is 2.28. The number of hydrogen-bond acceptors (Lipinski definition) is 2. The lowest BCUT2D eigenvalue weighted by Crippen LogP contribution is -2.56. The van der Waals surface area contributed by atoms with E-state index in [0.717, 1.165) is 0 Å². The van der Waals surface area contributed by atoms with Crippen molar-refractivity contribution in [2.45, 2.75) is 25.9 Å². The van der Waals surface area contributed by atoms with E-state index in [0.29, 0.717) is 13.1 Å². The lowest BCUT2D eigenvalue weighted by atomic mass is 10.1. The molecule has 1 fully saturated rings. The molecular weight excluding hydrogens is 255 g/mol. The number of piperazine rings is 1. The molecule has 1 saturated heterocycles. The summed E-state index contributed by atoms with van der Waals surface area (Å²) in [4.78, 5) is 14.0. The van der Waals surface area contributed by atoms with Crippen molar-refractivity contribution in [2.24, 2.45) is 0 Å². The number of amides is 1. The molecule has 0 bridgehead atoms. The molecule has 0 radical (unpaired) electrons. The third-order valence-corrected chi connectivity index (χ3v) is 3.34. The van der Waals surface area contributed by atoms with E-state index in [1.165, 1.54) is 18.2 Å². The molecule has 0 aliphatic carbocycles. The molecule has 1 amide bonds. The summed E-state index contributed by atoms with van der Waals surface area (Å²) in [5.41, 5.74) is -0.0273. The number of benzene rings is 1. The predicted molar refractivity (Wildman–Crippen MR) is 69.4 cm³/mol. The van der Waals surface area contributed by atoms with Crippen molar-refractivity contribution in [1.29, 1.82) is 0 Å². The van der Waals surface area contributed by atoms with Gasteiger partial charge in [0, 0.05) is 25.2 Å². The zero-order valence-electron chi connectivity index (χ0n) is 10.4. The number of halogens is 2. The van der Waals surface area contributed by atoms with Gasteiger partial charge in [0.1, 0.15) is 5.82 Å². The van der Waals surface area contributed by atoms with Gasteiger partial charge >= 0.3 is 0 Å². The van der Waals surface area contributed by atoms with E-state index in [1.54, 1.807) is 4.90 Å². The second-order valence-corrected chi connectivity index (χ2v) is 5.18. The Labute approximate surface area is 111 Å². The van der Waals surface area contributed by atoms with Crippen molar-refractivity contribution in [3.8, 4) is 0 Å². The highest BCUT2D eigenvalue weighted by atomic mass is 35.5. The van der Waals surface area contributed by atoms with Crippen molar-refractivity contribution in [1.82, 2.24) is 10.2 Å². The normalized spacial score (nSPS) is 24.1. The molecule has 3 nitrogen and oxygen atoms in total. The molecular formula is C13H16ClFN2O. The van der Waals surface area contributed by atoms with Gasteiger partial charge in [0.2, 0.25) is 0 Å². The minimum atomic E-state index is -0.564. The van der Waals surface area contributed by atoms with E-state index in [4.69, 9.17) is 11.6 Å². The smallest absolute Gasteiger partial charge is 0.258 e. The third-order valence-electron chi connectivity index (χ3n) is 3.02. The lowest BCUT2D eigenvalue weighted by Gasteiger charge is -2.36. The van der Waals surface area contributed by atoms with Crippen LogP contribution < -0.4 is 5.32 Å². The van der Waals surface area contributed by atoms with Crippen LogP contribution in [-0.2, 0) is 0 Å². The summed E-state index contributed by atoms with van der Waals surface area (Å²) in [6.07, 6.45) is 0. The fourth-order valence-electron chi connectivity index (χ4n) is 2.35. The van der Waals surface area contributed by atoms with Gasteiger partial charge in [-0.15, -0.1) is 0 Å². The van der Waals surface area contributed by atoms with Gasteiger partial charge in [0.25, 0.3) is 5.91 Å². The molecule has 1 N–H and O–H groups in total. The largest absolute Gasteiger partial charge is 0.335 e. The number of nitrogens with zero attached hydrogens (tertiary/aromatic N) is 1. The van der Waals surface area contributed by atoms with Gasteiger partial charge in [0.15, 0.2) is 0 Å². The Morgan fingerprint density at radius 2 is 2.00 bits per heavy atom. The summed E-state index contributed by atoms with van der Waals surface area (Å²) in [6.45, 7) is 5.12. The van der Waals surface area contributed by atoms with Crippen LogP contribution in [0.2, 0.25) is 5.02 Å². The van der Waals surface area contributed by atoms with Gasteiger partial charge < -0.3 is 10.2 Å². The Morgan fingerprint density at radius 3 is 2.56 bits per heavy atom. The molecule has 1 aliphatic heterocycles. The van der Waals surface area contributed by atoms with Crippen LogP contribution in [-0.4, -0.2) is 36.0 Å². The van der Waals surface area contributed by atoms with Crippen molar-refractivity contribution < 1.29 is 9.18 Å². The zero-order chi connectivity index (χ0) is 13.3. The molecule has 1 heterocycles. The first-order valence-electron chi connectivity index (χ1n) is 5.98. The summed E-state index contributed by atoms with van der Waals surface area (Å²) in [5, 5.41) is 3.49. The summed E-state index contributed by atoms with van der Waals surface area (Å²) in [7, 11) is 0. The van der Waals surface area contributed by atoms with Crippen LogP contribution >= 0.6 is 11.6 Å². The van der Waals surface area contributed by atoms with Crippen molar-refractivity contribution in [2.75, 3.05) is 13.1 Å². The number of hydrogen-bond donors (Lipinski definition) is 1. The molecule has 0 spiro atoms. The maximum atomic E-state index is 13.7. The minimum absolute atomic E-state index is 0.0273. The number of carbonyl (C=O) groups is 1. The first kappa shape index (κ1) is 13.3. The Hall–Kier alpha value is -1.13. The highest BCUT2D eigenvalue weighted by Crippen LogP contribution is 2.21. The Balaban J connectivity index is 2.26. The lowest BCUT2D eigenvalue weighted by molar-refractivity contribution is 0.0669. The second-order valence-electron chi connectivity index (χ2n) is 4.78. The van der Waals surface area contributed by atoms with E-state index in [-0.39, 0.29) is 28.6 Å². The van der Waals surface area contributed by atoms with E-state index in [9.17, 15) is 9.18 Å². The fourth-order valence-corrected chi connectivity index (χ4v) is 2.60. The van der Waals surface area contributed by atoms with E-state index in [2.05, 4.69) is 5.32 Å². The fraction of sp³-hybridized carbons (Fsp3) is 0.462. The Kier molecular flexibility index (Phi) is 3.88. The van der Waals surface area contributed by atoms with Crippen LogP contribution in [0.5, 0.6) is 0 Å². The summed E-state index contributed by atoms with van der Waals surface area (Å²) in [6, 6.07) is 4.69. The molecule has 1 aromatic rings. The van der Waals surface area contributed by atoms with E-state index < -0.39 is 5.82 Å². The standard InChI is InChI=1S/C13H16ClFN2O/c1-8-6-17(7-9(2)16-8)13(18)12-10(14)4-3-5-11(12)15/h3-5,8-9,16H,6-7H2,1-2H3/t8-,9-/m1/s1. The van der Waals surface area contributed by atoms with Crippen LogP contribution in [0.25, 0.3) is 0 Å². The average Bonchev–Trinajstić information content (AvgIpc) is 2.27. The summed E-state index contributed by atoms with van der Waals surface area (Å²) < 4.78 is 13.7. The highest BCUT2D eigenvalue weighted by molar-refractivity contribution is 6.33.